The highest BCUT2D eigenvalue weighted by Gasteiger charge is 2.30. The summed E-state index contributed by atoms with van der Waals surface area (Å²) in [5.74, 6) is -4.04. The number of hydrogen-bond acceptors (Lipinski definition) is 8. The molecule has 0 heterocycles. The molecule has 0 spiro atoms. The lowest BCUT2D eigenvalue weighted by atomic mass is 9.89. The van der Waals surface area contributed by atoms with Gasteiger partial charge in [0.05, 0.1) is 7.11 Å². The maximum atomic E-state index is 12.8. The molecule has 0 aromatic heterocycles. The van der Waals surface area contributed by atoms with Crippen LogP contribution in [0.15, 0.2) is 6.07 Å². The van der Waals surface area contributed by atoms with Gasteiger partial charge in [0.2, 0.25) is 0 Å². The Labute approximate surface area is 186 Å². The summed E-state index contributed by atoms with van der Waals surface area (Å²) >= 11 is 0. The average molecular weight is 446 g/mol. The van der Waals surface area contributed by atoms with Crippen molar-refractivity contribution in [3.8, 4) is 34.5 Å². The quantitative estimate of drug-likeness (QED) is 0.358. The van der Waals surface area contributed by atoms with Gasteiger partial charge < -0.3 is 30.3 Å². The van der Waals surface area contributed by atoms with Crippen molar-refractivity contribution in [1.29, 1.82) is 0 Å². The van der Waals surface area contributed by atoms with Crippen LogP contribution in [0.2, 0.25) is 0 Å². The van der Waals surface area contributed by atoms with Crippen LogP contribution >= 0.6 is 0 Å². The third kappa shape index (κ3) is 4.30. The number of carbonyl (C=O) groups is 2. The summed E-state index contributed by atoms with van der Waals surface area (Å²) in [6, 6.07) is 1.17. The zero-order chi connectivity index (χ0) is 24.3. The van der Waals surface area contributed by atoms with Crippen molar-refractivity contribution in [2.24, 2.45) is 5.92 Å². The van der Waals surface area contributed by atoms with Crippen LogP contribution in [0.3, 0.4) is 0 Å². The topological polar surface area (TPSA) is 145 Å². The zero-order valence-corrected chi connectivity index (χ0v) is 18.9. The van der Waals surface area contributed by atoms with Crippen LogP contribution in [-0.2, 0) is 6.42 Å². The van der Waals surface area contributed by atoms with Gasteiger partial charge in [-0.05, 0) is 19.8 Å². The molecule has 0 radical (unpaired) electrons. The summed E-state index contributed by atoms with van der Waals surface area (Å²) in [7, 11) is 1.30. The molecule has 5 N–H and O–H groups in total. The van der Waals surface area contributed by atoms with Crippen LogP contribution in [0.1, 0.15) is 77.4 Å². The number of ketones is 2. The van der Waals surface area contributed by atoms with Crippen molar-refractivity contribution < 1.29 is 39.9 Å². The predicted molar refractivity (Wildman–Crippen MR) is 118 cm³/mol. The third-order valence-electron chi connectivity index (χ3n) is 5.74. The largest absolute Gasteiger partial charge is 0.507 e. The van der Waals surface area contributed by atoms with Crippen molar-refractivity contribution in [2.45, 2.75) is 53.4 Å². The van der Waals surface area contributed by atoms with Crippen LogP contribution in [0, 0.1) is 12.8 Å². The predicted octanol–water partition coefficient (Wildman–Crippen LogP) is 4.33. The monoisotopic (exact) mass is 446 g/mol. The molecule has 2 aromatic rings. The number of carbonyl (C=O) groups excluding carboxylic acids is 2. The zero-order valence-electron chi connectivity index (χ0n) is 18.9. The fourth-order valence-electron chi connectivity index (χ4n) is 3.54. The van der Waals surface area contributed by atoms with Crippen molar-refractivity contribution in [3.63, 3.8) is 0 Å². The fraction of sp³-hybridized carbons (Fsp3) is 0.417. The lowest BCUT2D eigenvalue weighted by Crippen LogP contribution is -2.12. The lowest BCUT2D eigenvalue weighted by molar-refractivity contribution is 0.0920. The second-order valence-electron chi connectivity index (χ2n) is 7.85. The minimum atomic E-state index is -0.646. The van der Waals surface area contributed by atoms with E-state index in [4.69, 9.17) is 4.74 Å². The summed E-state index contributed by atoms with van der Waals surface area (Å²) in [5.41, 5.74) is -0.786. The molecule has 0 fully saturated rings. The summed E-state index contributed by atoms with van der Waals surface area (Å²) < 4.78 is 5.13. The molecule has 0 saturated heterocycles. The van der Waals surface area contributed by atoms with Crippen LogP contribution in [0.4, 0.5) is 0 Å². The van der Waals surface area contributed by atoms with E-state index in [0.717, 1.165) is 0 Å². The molecule has 32 heavy (non-hydrogen) atoms. The molecule has 8 heteroatoms. The minimum Gasteiger partial charge on any atom is -0.507 e. The maximum absolute atomic E-state index is 12.8. The molecule has 0 saturated carbocycles. The number of benzene rings is 2. The summed E-state index contributed by atoms with van der Waals surface area (Å²) in [6.07, 6.45) is 0.720. The average Bonchev–Trinajstić information content (AvgIpc) is 2.75. The molecule has 2 aromatic carbocycles. The Hall–Kier alpha value is -3.42. The molecular formula is C24H30O8. The molecular weight excluding hydrogens is 416 g/mol. The van der Waals surface area contributed by atoms with Gasteiger partial charge in [0.1, 0.15) is 45.6 Å². The molecule has 0 amide bonds. The number of hydrogen-bond donors (Lipinski definition) is 5. The first-order chi connectivity index (χ1) is 15.0. The van der Waals surface area contributed by atoms with Gasteiger partial charge in [-0.1, -0.05) is 20.8 Å². The summed E-state index contributed by atoms with van der Waals surface area (Å²) in [5, 5.41) is 53.1. The third-order valence-corrected chi connectivity index (χ3v) is 5.74. The smallest absolute Gasteiger partial charge is 0.173 e. The Morgan fingerprint density at radius 3 is 2.06 bits per heavy atom. The Bertz CT molecular complexity index is 1060. The van der Waals surface area contributed by atoms with E-state index in [1.54, 1.807) is 20.8 Å². The number of rotatable bonds is 9. The first kappa shape index (κ1) is 24.8. The van der Waals surface area contributed by atoms with Crippen molar-refractivity contribution in [2.75, 3.05) is 7.11 Å². The van der Waals surface area contributed by atoms with E-state index in [-0.39, 0.29) is 40.0 Å². The first-order valence-electron chi connectivity index (χ1n) is 10.5. The molecule has 0 aliphatic rings. The molecule has 8 nitrogen and oxygen atoms in total. The Balaban J connectivity index is 2.75. The molecule has 174 valence electrons. The van der Waals surface area contributed by atoms with Crippen molar-refractivity contribution in [3.05, 3.63) is 33.9 Å². The fourth-order valence-corrected chi connectivity index (χ4v) is 3.54. The second-order valence-corrected chi connectivity index (χ2v) is 7.85. The van der Waals surface area contributed by atoms with Gasteiger partial charge in [0, 0.05) is 41.5 Å². The summed E-state index contributed by atoms with van der Waals surface area (Å²) in [6.45, 7) is 6.61. The van der Waals surface area contributed by atoms with E-state index in [9.17, 15) is 35.1 Å². The number of aromatic hydroxyl groups is 5. The van der Waals surface area contributed by atoms with E-state index in [2.05, 4.69) is 0 Å². The van der Waals surface area contributed by atoms with E-state index in [1.165, 1.54) is 20.1 Å². The Morgan fingerprint density at radius 1 is 0.938 bits per heavy atom. The van der Waals surface area contributed by atoms with Gasteiger partial charge in [-0.2, -0.15) is 0 Å². The van der Waals surface area contributed by atoms with Gasteiger partial charge in [0.25, 0.3) is 0 Å². The van der Waals surface area contributed by atoms with Gasteiger partial charge >= 0.3 is 0 Å². The van der Waals surface area contributed by atoms with E-state index < -0.39 is 52.7 Å². The minimum absolute atomic E-state index is 0.00910. The standard InChI is InChI=1S/C24H30O8/c1-6-8-15(25)18-17(32-5)10-16(26)13(23(18)30)9-14-21(28)12(4)22(29)19(24(14)31)20(27)11(3)7-2/h10-11,26,28-31H,6-9H2,1-5H3. The Kier molecular flexibility index (Phi) is 7.61. The number of ether oxygens (including phenoxy) is 1. The van der Waals surface area contributed by atoms with E-state index >= 15 is 0 Å². The van der Waals surface area contributed by atoms with Crippen LogP contribution in [-0.4, -0.2) is 44.2 Å². The van der Waals surface area contributed by atoms with Crippen LogP contribution in [0.25, 0.3) is 0 Å². The highest BCUT2D eigenvalue weighted by atomic mass is 16.5. The lowest BCUT2D eigenvalue weighted by Gasteiger charge is -2.19. The number of Topliss-reactive ketones (excluding diaryl/α,β-unsaturated/α-hetero) is 2. The maximum Gasteiger partial charge on any atom is 0.173 e. The highest BCUT2D eigenvalue weighted by molar-refractivity contribution is 6.04. The number of phenolic OH excluding ortho intramolecular Hbond substituents is 5. The molecule has 1 atom stereocenters. The number of phenols is 5. The first-order valence-corrected chi connectivity index (χ1v) is 10.5. The second kappa shape index (κ2) is 9.80. The van der Waals surface area contributed by atoms with Gasteiger partial charge in [-0.25, -0.2) is 0 Å². The van der Waals surface area contributed by atoms with Crippen molar-refractivity contribution >= 4 is 11.6 Å². The van der Waals surface area contributed by atoms with Gasteiger partial charge in [-0.15, -0.1) is 0 Å². The normalized spacial score (nSPS) is 11.9. The Morgan fingerprint density at radius 2 is 1.53 bits per heavy atom. The molecule has 0 aliphatic heterocycles. The van der Waals surface area contributed by atoms with Gasteiger partial charge in [0.15, 0.2) is 11.6 Å². The summed E-state index contributed by atoms with van der Waals surface area (Å²) in [4.78, 5) is 25.3. The van der Waals surface area contributed by atoms with Crippen LogP contribution < -0.4 is 4.74 Å². The highest BCUT2D eigenvalue weighted by Crippen LogP contribution is 2.47. The molecule has 0 aliphatic carbocycles. The van der Waals surface area contributed by atoms with Crippen molar-refractivity contribution in [1.82, 2.24) is 0 Å². The van der Waals surface area contributed by atoms with Gasteiger partial charge in [-0.3, -0.25) is 9.59 Å². The van der Waals surface area contributed by atoms with E-state index in [1.807, 2.05) is 0 Å². The molecule has 0 bridgehead atoms. The number of methoxy groups -OCH3 is 1. The molecule has 1 unspecified atom stereocenters. The van der Waals surface area contributed by atoms with Crippen LogP contribution in [0.5, 0.6) is 34.5 Å². The van der Waals surface area contributed by atoms with E-state index in [0.29, 0.717) is 12.8 Å². The SMILES string of the molecule is CCCC(=O)c1c(OC)cc(O)c(Cc2c(O)c(C)c(O)c(C(=O)C(C)CC)c2O)c1O. The molecule has 2 rings (SSSR count).